The third-order valence-electron chi connectivity index (χ3n) is 4.32. The summed E-state index contributed by atoms with van der Waals surface area (Å²) < 4.78 is 16.4. The molecule has 0 bridgehead atoms. The van der Waals surface area contributed by atoms with Gasteiger partial charge in [-0.25, -0.2) is 0 Å². The van der Waals surface area contributed by atoms with Gasteiger partial charge in [-0.05, 0) is 46.0 Å². The molecule has 3 heterocycles. The molecule has 29 heavy (non-hydrogen) atoms. The van der Waals surface area contributed by atoms with Crippen LogP contribution in [0.3, 0.4) is 0 Å². The zero-order valence-electron chi connectivity index (χ0n) is 15.5. The quantitative estimate of drug-likeness (QED) is 0.533. The van der Waals surface area contributed by atoms with Gasteiger partial charge in [0.05, 0.1) is 13.0 Å². The Kier molecular flexibility index (Phi) is 6.12. The van der Waals surface area contributed by atoms with Crippen molar-refractivity contribution in [2.45, 2.75) is 13.0 Å². The van der Waals surface area contributed by atoms with E-state index in [1.165, 1.54) is 11.3 Å². The van der Waals surface area contributed by atoms with Gasteiger partial charge in [0.1, 0.15) is 13.2 Å². The lowest BCUT2D eigenvalue weighted by Crippen LogP contribution is -2.34. The molecule has 0 atom stereocenters. The molecular formula is C21H19NO5S2. The molecule has 1 aliphatic rings. The normalized spacial score (nSPS) is 12.4. The van der Waals surface area contributed by atoms with Gasteiger partial charge in [0.25, 0.3) is 5.91 Å². The number of hydrogen-bond acceptors (Lipinski definition) is 7. The highest BCUT2D eigenvalue weighted by atomic mass is 32.1. The maximum absolute atomic E-state index is 12.9. The van der Waals surface area contributed by atoms with Crippen molar-refractivity contribution in [1.29, 1.82) is 0 Å². The maximum atomic E-state index is 12.9. The highest BCUT2D eigenvalue weighted by molar-refractivity contribution is 7.09. The maximum Gasteiger partial charge on any atom is 0.310 e. The average molecular weight is 430 g/mol. The largest absolute Gasteiger partial charge is 0.486 e. The van der Waals surface area contributed by atoms with Crippen molar-refractivity contribution in [2.75, 3.05) is 24.7 Å². The Hall–Kier alpha value is -2.84. The molecule has 0 aliphatic carbocycles. The van der Waals surface area contributed by atoms with E-state index in [2.05, 4.69) is 0 Å². The molecule has 0 saturated carbocycles. The van der Waals surface area contributed by atoms with Gasteiger partial charge in [-0.15, -0.1) is 11.3 Å². The summed E-state index contributed by atoms with van der Waals surface area (Å²) in [6.45, 7) is 1.04. The van der Waals surface area contributed by atoms with Crippen molar-refractivity contribution in [3.05, 3.63) is 63.0 Å². The molecule has 2 aromatic heterocycles. The van der Waals surface area contributed by atoms with Gasteiger partial charge in [0.2, 0.25) is 0 Å². The molecule has 8 heteroatoms. The van der Waals surface area contributed by atoms with Crippen molar-refractivity contribution in [1.82, 2.24) is 0 Å². The van der Waals surface area contributed by atoms with Crippen molar-refractivity contribution >= 4 is 40.2 Å². The van der Waals surface area contributed by atoms with Gasteiger partial charge in [0.15, 0.2) is 18.1 Å². The summed E-state index contributed by atoms with van der Waals surface area (Å²) in [5.41, 5.74) is 1.55. The van der Waals surface area contributed by atoms with Crippen LogP contribution in [-0.4, -0.2) is 31.7 Å². The van der Waals surface area contributed by atoms with Gasteiger partial charge < -0.3 is 19.1 Å². The Bertz CT molecular complexity index is 969. The fraction of sp³-hybridized carbons (Fsp3) is 0.238. The van der Waals surface area contributed by atoms with E-state index in [9.17, 15) is 9.59 Å². The van der Waals surface area contributed by atoms with Gasteiger partial charge in [-0.3, -0.25) is 9.59 Å². The molecule has 0 saturated heterocycles. The molecule has 1 amide bonds. The zero-order chi connectivity index (χ0) is 20.1. The second-order valence-corrected chi connectivity index (χ2v) is 8.17. The molecule has 0 spiro atoms. The molecular weight excluding hydrogens is 410 g/mol. The smallest absolute Gasteiger partial charge is 0.310 e. The number of anilines is 1. The average Bonchev–Trinajstić information content (AvgIpc) is 3.44. The molecule has 4 rings (SSSR count). The third kappa shape index (κ3) is 4.96. The molecule has 3 aromatic rings. The fourth-order valence-electron chi connectivity index (χ4n) is 2.91. The number of ether oxygens (including phenoxy) is 3. The molecule has 0 radical (unpaired) electrons. The number of fused-ring (bicyclic) bond motifs is 1. The summed E-state index contributed by atoms with van der Waals surface area (Å²) in [5.74, 6) is 0.543. The number of nitrogens with zero attached hydrogens (tertiary/aromatic N) is 1. The van der Waals surface area contributed by atoms with Crippen molar-refractivity contribution in [3.63, 3.8) is 0 Å². The SMILES string of the molecule is O=C(Cc1ccsc1)OCC(=O)N(Cc1cccs1)c1ccc2c(c1)OCCO2. The lowest BCUT2D eigenvalue weighted by Gasteiger charge is -2.25. The van der Waals surface area contributed by atoms with Crippen molar-refractivity contribution in [2.24, 2.45) is 0 Å². The van der Waals surface area contributed by atoms with Crippen LogP contribution in [0.4, 0.5) is 5.69 Å². The first-order chi connectivity index (χ1) is 14.2. The predicted octanol–water partition coefficient (Wildman–Crippen LogP) is 3.90. The van der Waals surface area contributed by atoms with E-state index in [0.29, 0.717) is 36.9 Å². The van der Waals surface area contributed by atoms with Crippen LogP contribution in [0.5, 0.6) is 11.5 Å². The third-order valence-corrected chi connectivity index (χ3v) is 5.91. The van der Waals surface area contributed by atoms with Gasteiger partial charge in [-0.1, -0.05) is 6.07 Å². The van der Waals surface area contributed by atoms with Crippen LogP contribution in [0.2, 0.25) is 0 Å². The number of thiophene rings is 2. The van der Waals surface area contributed by atoms with Gasteiger partial charge >= 0.3 is 5.97 Å². The number of carbonyl (C=O) groups excluding carboxylic acids is 2. The summed E-state index contributed by atoms with van der Waals surface area (Å²) in [4.78, 5) is 27.6. The summed E-state index contributed by atoms with van der Waals surface area (Å²) >= 11 is 3.08. The lowest BCUT2D eigenvalue weighted by molar-refractivity contribution is -0.147. The first-order valence-electron chi connectivity index (χ1n) is 9.08. The first-order valence-corrected chi connectivity index (χ1v) is 10.9. The number of hydrogen-bond donors (Lipinski definition) is 0. The van der Waals surface area contributed by atoms with E-state index in [-0.39, 0.29) is 18.9 Å². The minimum absolute atomic E-state index is 0.158. The van der Waals surface area contributed by atoms with Crippen LogP contribution in [0, 0.1) is 0 Å². The van der Waals surface area contributed by atoms with E-state index in [1.54, 1.807) is 28.4 Å². The number of benzene rings is 1. The number of esters is 1. The van der Waals surface area contributed by atoms with Crippen LogP contribution in [-0.2, 0) is 27.3 Å². The molecule has 150 valence electrons. The molecule has 0 fully saturated rings. The minimum Gasteiger partial charge on any atom is -0.486 e. The summed E-state index contributed by atoms with van der Waals surface area (Å²) in [5, 5.41) is 5.75. The summed E-state index contributed by atoms with van der Waals surface area (Å²) in [6.07, 6.45) is 0.158. The molecule has 0 unspecified atom stereocenters. The number of amides is 1. The number of rotatable bonds is 7. The van der Waals surface area contributed by atoms with E-state index in [0.717, 1.165) is 10.4 Å². The van der Waals surface area contributed by atoms with Crippen LogP contribution in [0.1, 0.15) is 10.4 Å². The van der Waals surface area contributed by atoms with E-state index >= 15 is 0 Å². The van der Waals surface area contributed by atoms with Crippen LogP contribution in [0.15, 0.2) is 52.5 Å². The Labute approximate surface area is 176 Å². The van der Waals surface area contributed by atoms with Crippen LogP contribution < -0.4 is 14.4 Å². The highest BCUT2D eigenvalue weighted by Gasteiger charge is 2.21. The van der Waals surface area contributed by atoms with Crippen LogP contribution >= 0.6 is 22.7 Å². The molecule has 6 nitrogen and oxygen atoms in total. The summed E-state index contributed by atoms with van der Waals surface area (Å²) in [6, 6.07) is 11.2. The topological polar surface area (TPSA) is 65.1 Å². The zero-order valence-corrected chi connectivity index (χ0v) is 17.2. The van der Waals surface area contributed by atoms with E-state index in [4.69, 9.17) is 14.2 Å². The van der Waals surface area contributed by atoms with Gasteiger partial charge in [-0.2, -0.15) is 11.3 Å². The van der Waals surface area contributed by atoms with Crippen LogP contribution in [0.25, 0.3) is 0 Å². The molecule has 1 aliphatic heterocycles. The van der Waals surface area contributed by atoms with E-state index in [1.807, 2.05) is 40.4 Å². The van der Waals surface area contributed by atoms with Crippen molar-refractivity contribution in [3.8, 4) is 11.5 Å². The second-order valence-electron chi connectivity index (χ2n) is 6.36. The monoisotopic (exact) mass is 429 g/mol. The van der Waals surface area contributed by atoms with Gasteiger partial charge in [0, 0.05) is 16.6 Å². The fourth-order valence-corrected chi connectivity index (χ4v) is 4.27. The Morgan fingerprint density at radius 2 is 1.93 bits per heavy atom. The predicted molar refractivity (Wildman–Crippen MR) is 112 cm³/mol. The molecule has 1 aromatic carbocycles. The van der Waals surface area contributed by atoms with Crippen molar-refractivity contribution < 1.29 is 23.8 Å². The minimum atomic E-state index is -0.421. The molecule has 0 N–H and O–H groups in total. The second kappa shape index (κ2) is 9.11. The highest BCUT2D eigenvalue weighted by Crippen LogP contribution is 2.34. The standard InChI is InChI=1S/C21H19NO5S2/c23-20(13-27-21(24)10-15-5-9-28-14-15)22(12-17-2-1-8-29-17)16-3-4-18-19(11-16)26-7-6-25-18/h1-5,8-9,11,14H,6-7,10,12-13H2. The Balaban J connectivity index is 1.47. The van der Waals surface area contributed by atoms with E-state index < -0.39 is 5.97 Å². The first kappa shape index (κ1) is 19.5. The summed E-state index contributed by atoms with van der Waals surface area (Å²) in [7, 11) is 0. The number of carbonyl (C=O) groups is 2. The Morgan fingerprint density at radius 1 is 1.07 bits per heavy atom. The lowest BCUT2D eigenvalue weighted by atomic mass is 10.2. The Morgan fingerprint density at radius 3 is 2.69 bits per heavy atom.